The summed E-state index contributed by atoms with van der Waals surface area (Å²) in [6.07, 6.45) is 0. The molecular formula is C18H24N2S. The molecule has 0 saturated carbocycles. The normalized spacial score (nSPS) is 10.7. The van der Waals surface area contributed by atoms with Gasteiger partial charge in [-0.2, -0.15) is 0 Å². The molecule has 0 saturated heterocycles. The molecule has 0 aliphatic carbocycles. The van der Waals surface area contributed by atoms with Crippen molar-refractivity contribution in [2.24, 2.45) is 5.73 Å². The molecule has 0 aliphatic heterocycles. The van der Waals surface area contributed by atoms with E-state index in [9.17, 15) is 0 Å². The minimum Gasteiger partial charge on any atom is -0.344 e. The van der Waals surface area contributed by atoms with Crippen LogP contribution in [0.1, 0.15) is 23.6 Å². The molecule has 21 heavy (non-hydrogen) atoms. The molecule has 2 nitrogen and oxygen atoms in total. The van der Waals surface area contributed by atoms with Crippen LogP contribution in [0.5, 0.6) is 0 Å². The van der Waals surface area contributed by atoms with Crippen molar-refractivity contribution >= 4 is 23.1 Å². The summed E-state index contributed by atoms with van der Waals surface area (Å²) >= 11 is 1.85. The lowest BCUT2D eigenvalue weighted by Crippen LogP contribution is -2.15. The van der Waals surface area contributed by atoms with Crippen LogP contribution in [0.2, 0.25) is 0 Å². The molecule has 0 unspecified atom stereocenters. The van der Waals surface area contributed by atoms with Crippen molar-refractivity contribution in [3.8, 4) is 0 Å². The zero-order valence-corrected chi connectivity index (χ0v) is 14.1. The van der Waals surface area contributed by atoms with Gasteiger partial charge in [-0.15, -0.1) is 11.8 Å². The van der Waals surface area contributed by atoms with Crippen LogP contribution in [0.15, 0.2) is 41.3 Å². The average molecular weight is 300 g/mol. The van der Waals surface area contributed by atoms with E-state index in [4.69, 9.17) is 5.73 Å². The molecule has 2 rings (SSSR count). The Bertz CT molecular complexity index is 623. The fourth-order valence-corrected chi connectivity index (χ4v) is 3.52. The van der Waals surface area contributed by atoms with Gasteiger partial charge >= 0.3 is 0 Å². The van der Waals surface area contributed by atoms with E-state index < -0.39 is 0 Å². The lowest BCUT2D eigenvalue weighted by atomic mass is 10.1. The van der Waals surface area contributed by atoms with Gasteiger partial charge in [-0.3, -0.25) is 0 Å². The van der Waals surface area contributed by atoms with Gasteiger partial charge in [0.2, 0.25) is 0 Å². The van der Waals surface area contributed by atoms with Gasteiger partial charge in [0.05, 0.1) is 0 Å². The summed E-state index contributed by atoms with van der Waals surface area (Å²) < 4.78 is 0. The van der Waals surface area contributed by atoms with Gasteiger partial charge in [0.1, 0.15) is 0 Å². The lowest BCUT2D eigenvalue weighted by Gasteiger charge is -2.25. The summed E-state index contributed by atoms with van der Waals surface area (Å²) in [5.41, 5.74) is 12.3. The van der Waals surface area contributed by atoms with E-state index in [1.807, 2.05) is 11.8 Å². The number of hydrogen-bond acceptors (Lipinski definition) is 3. The maximum atomic E-state index is 6.02. The van der Waals surface area contributed by atoms with E-state index >= 15 is 0 Å². The topological polar surface area (TPSA) is 29.3 Å². The number of nitrogens with zero attached hydrogens (tertiary/aromatic N) is 1. The zero-order chi connectivity index (χ0) is 15.4. The van der Waals surface area contributed by atoms with Crippen molar-refractivity contribution in [3.63, 3.8) is 0 Å². The molecule has 2 N–H and O–H groups in total. The number of aryl methyl sites for hydroxylation is 2. The van der Waals surface area contributed by atoms with Gasteiger partial charge in [0, 0.05) is 35.4 Å². The van der Waals surface area contributed by atoms with Crippen molar-refractivity contribution in [1.82, 2.24) is 0 Å². The summed E-state index contributed by atoms with van der Waals surface area (Å²) in [6.45, 7) is 7.02. The number of rotatable bonds is 5. The second kappa shape index (κ2) is 7.01. The number of thioether (sulfide) groups is 1. The van der Waals surface area contributed by atoms with Crippen molar-refractivity contribution < 1.29 is 0 Å². The summed E-state index contributed by atoms with van der Waals surface area (Å²) in [7, 11) is 2.12. The Labute approximate surface area is 132 Å². The second-order valence-corrected chi connectivity index (χ2v) is 6.55. The zero-order valence-electron chi connectivity index (χ0n) is 13.3. The molecule has 0 radical (unpaired) electrons. The highest BCUT2D eigenvalue weighted by molar-refractivity contribution is 7.99. The van der Waals surface area contributed by atoms with Gasteiger partial charge in [-0.05, 0) is 43.4 Å². The lowest BCUT2D eigenvalue weighted by molar-refractivity contribution is 1.00. The molecule has 0 fully saturated rings. The maximum absolute atomic E-state index is 6.02. The first-order valence-electron chi connectivity index (χ1n) is 7.34. The van der Waals surface area contributed by atoms with E-state index in [0.29, 0.717) is 6.54 Å². The molecule has 0 amide bonds. The van der Waals surface area contributed by atoms with Gasteiger partial charge in [0.25, 0.3) is 0 Å². The van der Waals surface area contributed by atoms with Crippen LogP contribution in [0.3, 0.4) is 0 Å². The quantitative estimate of drug-likeness (QED) is 0.816. The molecule has 2 aromatic carbocycles. The first kappa shape index (κ1) is 15.9. The fraction of sp³-hybridized carbons (Fsp3) is 0.333. The summed E-state index contributed by atoms with van der Waals surface area (Å²) in [4.78, 5) is 3.53. The summed E-state index contributed by atoms with van der Waals surface area (Å²) in [5.74, 6) is 1.06. The van der Waals surface area contributed by atoms with Gasteiger partial charge in [0.15, 0.2) is 0 Å². The minimum absolute atomic E-state index is 0.563. The largest absolute Gasteiger partial charge is 0.344 e. The third-order valence-electron chi connectivity index (χ3n) is 3.69. The summed E-state index contributed by atoms with van der Waals surface area (Å²) in [5, 5.41) is 0. The Morgan fingerprint density at radius 1 is 1.10 bits per heavy atom. The maximum Gasteiger partial charge on any atom is 0.0465 e. The molecule has 112 valence electrons. The Morgan fingerprint density at radius 2 is 1.86 bits per heavy atom. The molecule has 0 atom stereocenters. The third kappa shape index (κ3) is 3.42. The van der Waals surface area contributed by atoms with Crippen LogP contribution in [-0.2, 0) is 6.54 Å². The molecule has 0 aliphatic rings. The fourth-order valence-electron chi connectivity index (χ4n) is 2.68. The predicted molar refractivity (Wildman–Crippen MR) is 94.7 cm³/mol. The van der Waals surface area contributed by atoms with Crippen LogP contribution in [0, 0.1) is 13.8 Å². The number of benzene rings is 2. The van der Waals surface area contributed by atoms with E-state index in [2.05, 4.69) is 69.1 Å². The average Bonchev–Trinajstić information content (AvgIpc) is 2.46. The Kier molecular flexibility index (Phi) is 5.32. The highest BCUT2D eigenvalue weighted by Crippen LogP contribution is 2.34. The van der Waals surface area contributed by atoms with Crippen molar-refractivity contribution in [1.29, 1.82) is 0 Å². The molecule has 3 heteroatoms. The Balaban J connectivity index is 2.47. The van der Waals surface area contributed by atoms with E-state index in [0.717, 1.165) is 5.75 Å². The first-order chi connectivity index (χ1) is 10.1. The van der Waals surface area contributed by atoms with Crippen molar-refractivity contribution in [3.05, 3.63) is 53.1 Å². The van der Waals surface area contributed by atoms with Crippen molar-refractivity contribution in [2.75, 3.05) is 17.7 Å². The van der Waals surface area contributed by atoms with Gasteiger partial charge in [-0.1, -0.05) is 30.7 Å². The summed E-state index contributed by atoms with van der Waals surface area (Å²) in [6, 6.07) is 13.0. The smallest absolute Gasteiger partial charge is 0.0465 e. The monoisotopic (exact) mass is 300 g/mol. The Hall–Kier alpha value is -1.45. The predicted octanol–water partition coefficient (Wildman–Crippen LogP) is 4.64. The molecule has 0 heterocycles. The molecule has 0 aromatic heterocycles. The molecule has 0 spiro atoms. The van der Waals surface area contributed by atoms with Crippen LogP contribution >= 0.6 is 11.8 Å². The minimum atomic E-state index is 0.563. The highest BCUT2D eigenvalue weighted by Gasteiger charge is 2.13. The van der Waals surface area contributed by atoms with E-state index in [1.165, 1.54) is 33.0 Å². The third-order valence-corrected chi connectivity index (χ3v) is 4.67. The number of nitrogens with two attached hydrogens (primary N) is 1. The first-order valence-corrected chi connectivity index (χ1v) is 8.32. The van der Waals surface area contributed by atoms with Gasteiger partial charge in [-0.25, -0.2) is 0 Å². The van der Waals surface area contributed by atoms with E-state index in [1.54, 1.807) is 0 Å². The SMILES string of the molecule is CCSc1cccc(N(C)c2ccc(C)cc2C)c1CN. The molecule has 0 bridgehead atoms. The number of hydrogen-bond donors (Lipinski definition) is 1. The number of anilines is 2. The van der Waals surface area contributed by atoms with Crippen LogP contribution in [0.4, 0.5) is 11.4 Å². The highest BCUT2D eigenvalue weighted by atomic mass is 32.2. The standard InChI is InChI=1S/C18H24N2S/c1-5-21-18-8-6-7-17(15(18)12-19)20(4)16-10-9-13(2)11-14(16)3/h6-11H,5,12,19H2,1-4H3. The molecule has 2 aromatic rings. The van der Waals surface area contributed by atoms with Crippen LogP contribution in [0.25, 0.3) is 0 Å². The van der Waals surface area contributed by atoms with Gasteiger partial charge < -0.3 is 10.6 Å². The Morgan fingerprint density at radius 3 is 2.48 bits per heavy atom. The van der Waals surface area contributed by atoms with Crippen molar-refractivity contribution in [2.45, 2.75) is 32.2 Å². The van der Waals surface area contributed by atoms with Crippen LogP contribution in [-0.4, -0.2) is 12.8 Å². The molecular weight excluding hydrogens is 276 g/mol. The second-order valence-electron chi connectivity index (χ2n) is 5.24. The van der Waals surface area contributed by atoms with Crippen LogP contribution < -0.4 is 10.6 Å². The van der Waals surface area contributed by atoms with E-state index in [-0.39, 0.29) is 0 Å².